The molecule has 3 aromatic rings. The molecule has 0 atom stereocenters. The van der Waals surface area contributed by atoms with Gasteiger partial charge in [0.25, 0.3) is 0 Å². The first kappa shape index (κ1) is 22.4. The molecule has 11 heteroatoms. The molecule has 170 valence electrons. The van der Waals surface area contributed by atoms with Gasteiger partial charge in [-0.1, -0.05) is 19.1 Å². The summed E-state index contributed by atoms with van der Waals surface area (Å²) in [4.78, 5) is 9.56. The minimum absolute atomic E-state index is 0.00535. The van der Waals surface area contributed by atoms with Crippen molar-refractivity contribution in [2.24, 2.45) is 0 Å². The number of rotatable bonds is 5. The molecule has 1 aliphatic heterocycles. The first-order chi connectivity index (χ1) is 15.2. The molecule has 0 unspecified atom stereocenters. The molecule has 1 N–H and O–H groups in total. The standard InChI is InChI=1S/C21H22F3N5O2S/c1-2-28-11-13-29(14-12-28)32(30,31)16-9-7-15(8-10-16)25-19-17-5-3-4-6-18(17)26-20(27-19)21(22,23)24/h3-10H,2,11-14H2,1H3,(H,25,26,27). The summed E-state index contributed by atoms with van der Waals surface area (Å²) < 4.78 is 66.9. The SMILES string of the molecule is CCN1CCN(S(=O)(=O)c2ccc(Nc3nc(C(F)(F)F)nc4ccccc34)cc2)CC1. The summed E-state index contributed by atoms with van der Waals surface area (Å²) in [5.74, 6) is -1.25. The van der Waals surface area contributed by atoms with Crippen molar-refractivity contribution in [1.82, 2.24) is 19.2 Å². The molecule has 0 aliphatic carbocycles. The molecule has 1 aromatic heterocycles. The molecule has 32 heavy (non-hydrogen) atoms. The van der Waals surface area contributed by atoms with Crippen LogP contribution in [-0.4, -0.2) is 60.3 Å². The van der Waals surface area contributed by atoms with Gasteiger partial charge in [-0.25, -0.2) is 18.4 Å². The first-order valence-electron chi connectivity index (χ1n) is 10.1. The Morgan fingerprint density at radius 3 is 2.25 bits per heavy atom. The van der Waals surface area contributed by atoms with Crippen LogP contribution in [0.4, 0.5) is 24.7 Å². The zero-order chi connectivity index (χ0) is 22.9. The second-order valence-corrected chi connectivity index (χ2v) is 9.34. The maximum atomic E-state index is 13.2. The van der Waals surface area contributed by atoms with E-state index in [2.05, 4.69) is 20.2 Å². The van der Waals surface area contributed by atoms with Gasteiger partial charge in [-0.15, -0.1) is 0 Å². The number of hydrogen-bond donors (Lipinski definition) is 1. The molecule has 0 bridgehead atoms. The number of alkyl halides is 3. The van der Waals surface area contributed by atoms with Gasteiger partial charge < -0.3 is 10.2 Å². The first-order valence-corrected chi connectivity index (χ1v) is 11.6. The average Bonchev–Trinajstić information content (AvgIpc) is 2.79. The lowest BCUT2D eigenvalue weighted by atomic mass is 10.2. The van der Waals surface area contributed by atoms with Gasteiger partial charge in [0, 0.05) is 37.3 Å². The minimum Gasteiger partial charge on any atom is -0.340 e. The number of likely N-dealkylation sites (N-methyl/N-ethyl adjacent to an activating group) is 1. The van der Waals surface area contributed by atoms with E-state index in [1.807, 2.05) is 6.92 Å². The van der Waals surface area contributed by atoms with Gasteiger partial charge in [-0.3, -0.25) is 0 Å². The van der Waals surface area contributed by atoms with Crippen LogP contribution >= 0.6 is 0 Å². The van der Waals surface area contributed by atoms with Crippen molar-refractivity contribution in [1.29, 1.82) is 0 Å². The fraction of sp³-hybridized carbons (Fsp3) is 0.333. The van der Waals surface area contributed by atoms with Gasteiger partial charge >= 0.3 is 6.18 Å². The van der Waals surface area contributed by atoms with E-state index >= 15 is 0 Å². The number of nitrogens with one attached hydrogen (secondary N) is 1. The summed E-state index contributed by atoms with van der Waals surface area (Å²) in [5, 5.41) is 3.29. The lowest BCUT2D eigenvalue weighted by Gasteiger charge is -2.33. The third kappa shape index (κ3) is 4.54. The Morgan fingerprint density at radius 2 is 1.62 bits per heavy atom. The smallest absolute Gasteiger partial charge is 0.340 e. The van der Waals surface area contributed by atoms with Gasteiger partial charge in [-0.2, -0.15) is 17.5 Å². The van der Waals surface area contributed by atoms with Gasteiger partial charge in [-0.05, 0) is 42.9 Å². The summed E-state index contributed by atoms with van der Waals surface area (Å²) in [5.41, 5.74) is 0.569. The molecule has 0 saturated carbocycles. The third-order valence-electron chi connectivity index (χ3n) is 5.39. The van der Waals surface area contributed by atoms with Crippen LogP contribution in [0.1, 0.15) is 12.7 Å². The van der Waals surface area contributed by atoms with E-state index in [1.54, 1.807) is 18.2 Å². The maximum Gasteiger partial charge on any atom is 0.451 e. The Bertz CT molecular complexity index is 1210. The fourth-order valence-corrected chi connectivity index (χ4v) is 5.00. The van der Waals surface area contributed by atoms with Crippen LogP contribution in [0.5, 0.6) is 0 Å². The molecule has 7 nitrogen and oxygen atoms in total. The van der Waals surface area contributed by atoms with E-state index in [1.165, 1.54) is 34.6 Å². The van der Waals surface area contributed by atoms with E-state index in [-0.39, 0.29) is 16.2 Å². The molecular formula is C21H22F3N5O2S. The lowest BCUT2D eigenvalue weighted by molar-refractivity contribution is -0.144. The van der Waals surface area contributed by atoms with Crippen molar-refractivity contribution in [3.05, 3.63) is 54.4 Å². The fourth-order valence-electron chi connectivity index (χ4n) is 3.58. The van der Waals surface area contributed by atoms with Crippen molar-refractivity contribution in [2.75, 3.05) is 38.0 Å². The Hall–Kier alpha value is -2.76. The molecule has 2 heterocycles. The van der Waals surface area contributed by atoms with E-state index < -0.39 is 22.0 Å². The average molecular weight is 466 g/mol. The van der Waals surface area contributed by atoms with Gasteiger partial charge in [0.15, 0.2) is 0 Å². The Balaban J connectivity index is 1.59. The molecule has 0 radical (unpaired) electrons. The molecule has 4 rings (SSSR count). The zero-order valence-corrected chi connectivity index (χ0v) is 18.1. The van der Waals surface area contributed by atoms with Crippen molar-refractivity contribution in [3.63, 3.8) is 0 Å². The maximum absolute atomic E-state index is 13.2. The van der Waals surface area contributed by atoms with Crippen molar-refractivity contribution in [3.8, 4) is 0 Å². The van der Waals surface area contributed by atoms with E-state index in [0.29, 0.717) is 37.3 Å². The summed E-state index contributed by atoms with van der Waals surface area (Å²) in [6, 6.07) is 12.3. The predicted molar refractivity (Wildman–Crippen MR) is 115 cm³/mol. The van der Waals surface area contributed by atoms with Crippen LogP contribution in [0.25, 0.3) is 10.9 Å². The number of anilines is 2. The van der Waals surface area contributed by atoms with Gasteiger partial charge in [0.1, 0.15) is 5.82 Å². The predicted octanol–water partition coefficient (Wildman–Crippen LogP) is 3.72. The van der Waals surface area contributed by atoms with Crippen LogP contribution < -0.4 is 5.32 Å². The molecular weight excluding hydrogens is 443 g/mol. The molecule has 0 amide bonds. The number of piperazine rings is 1. The Kier molecular flexibility index (Phi) is 6.06. The number of halogens is 3. The highest BCUT2D eigenvalue weighted by Gasteiger charge is 2.35. The van der Waals surface area contributed by atoms with Crippen LogP contribution in [0.15, 0.2) is 53.4 Å². The van der Waals surface area contributed by atoms with Gasteiger partial charge in [0.05, 0.1) is 10.4 Å². The van der Waals surface area contributed by atoms with E-state index in [4.69, 9.17) is 0 Å². The second kappa shape index (κ2) is 8.64. The quantitative estimate of drug-likeness (QED) is 0.619. The highest BCUT2D eigenvalue weighted by atomic mass is 32.2. The summed E-state index contributed by atoms with van der Waals surface area (Å²) in [7, 11) is -3.64. The Morgan fingerprint density at radius 1 is 0.969 bits per heavy atom. The topological polar surface area (TPSA) is 78.4 Å². The summed E-state index contributed by atoms with van der Waals surface area (Å²) >= 11 is 0. The second-order valence-electron chi connectivity index (χ2n) is 7.40. The van der Waals surface area contributed by atoms with Crippen LogP contribution in [0.2, 0.25) is 0 Å². The highest BCUT2D eigenvalue weighted by Crippen LogP contribution is 2.31. The van der Waals surface area contributed by atoms with Crippen molar-refractivity contribution < 1.29 is 21.6 Å². The third-order valence-corrected chi connectivity index (χ3v) is 7.30. The monoisotopic (exact) mass is 465 g/mol. The van der Waals surface area contributed by atoms with E-state index in [0.717, 1.165) is 6.54 Å². The van der Waals surface area contributed by atoms with Crippen molar-refractivity contribution >= 4 is 32.4 Å². The normalized spacial score (nSPS) is 16.4. The molecule has 1 aliphatic rings. The number of sulfonamides is 1. The number of aromatic nitrogens is 2. The number of benzene rings is 2. The number of hydrogen-bond acceptors (Lipinski definition) is 6. The number of para-hydroxylation sites is 1. The minimum atomic E-state index is -4.69. The Labute approximate surface area is 183 Å². The van der Waals surface area contributed by atoms with Crippen molar-refractivity contribution in [2.45, 2.75) is 18.0 Å². The number of fused-ring (bicyclic) bond motifs is 1. The van der Waals surface area contributed by atoms with E-state index in [9.17, 15) is 21.6 Å². The summed E-state index contributed by atoms with van der Waals surface area (Å²) in [6.45, 7) is 5.11. The molecule has 2 aromatic carbocycles. The van der Waals surface area contributed by atoms with Crippen LogP contribution in [0.3, 0.4) is 0 Å². The largest absolute Gasteiger partial charge is 0.451 e. The highest BCUT2D eigenvalue weighted by molar-refractivity contribution is 7.89. The molecule has 1 fully saturated rings. The van der Waals surface area contributed by atoms with Crippen LogP contribution in [-0.2, 0) is 16.2 Å². The summed E-state index contributed by atoms with van der Waals surface area (Å²) in [6.07, 6.45) is -4.69. The zero-order valence-electron chi connectivity index (χ0n) is 17.3. The number of nitrogens with zero attached hydrogens (tertiary/aromatic N) is 4. The molecule has 1 saturated heterocycles. The van der Waals surface area contributed by atoms with Gasteiger partial charge in [0.2, 0.25) is 15.8 Å². The van der Waals surface area contributed by atoms with Crippen LogP contribution in [0, 0.1) is 0 Å². The molecule has 0 spiro atoms. The lowest BCUT2D eigenvalue weighted by Crippen LogP contribution is -2.48.